The summed E-state index contributed by atoms with van der Waals surface area (Å²) in [5, 5.41) is 7.94. The van der Waals surface area contributed by atoms with Gasteiger partial charge < -0.3 is 8.97 Å². The van der Waals surface area contributed by atoms with Gasteiger partial charge in [0.2, 0.25) is 0 Å². The molecule has 154 valence electrons. The molecular formula is C31H20N2. The van der Waals surface area contributed by atoms with Crippen molar-refractivity contribution < 1.29 is 0 Å². The summed E-state index contributed by atoms with van der Waals surface area (Å²) in [6.07, 6.45) is 0. The topological polar surface area (TPSA) is 9.34 Å². The molecule has 0 N–H and O–H groups in total. The third-order valence-corrected chi connectivity index (χ3v) is 7.43. The van der Waals surface area contributed by atoms with Crippen molar-refractivity contribution in [3.05, 3.63) is 103 Å². The van der Waals surface area contributed by atoms with Crippen molar-refractivity contribution in [1.29, 1.82) is 0 Å². The van der Waals surface area contributed by atoms with Crippen LogP contribution in [0.15, 0.2) is 103 Å². The third-order valence-electron chi connectivity index (χ3n) is 7.43. The molecule has 0 amide bonds. The van der Waals surface area contributed by atoms with Gasteiger partial charge in [-0.2, -0.15) is 0 Å². The average Bonchev–Trinajstić information content (AvgIpc) is 3.49. The van der Waals surface area contributed by atoms with Crippen LogP contribution in [0.2, 0.25) is 0 Å². The summed E-state index contributed by atoms with van der Waals surface area (Å²) >= 11 is 0. The number of hydrogen-bond acceptors (Lipinski definition) is 0. The van der Waals surface area contributed by atoms with E-state index in [1.807, 2.05) is 0 Å². The first-order valence-corrected chi connectivity index (χ1v) is 11.4. The Bertz CT molecular complexity index is 2020. The Morgan fingerprint density at radius 3 is 1.94 bits per heavy atom. The zero-order valence-corrected chi connectivity index (χ0v) is 18.2. The van der Waals surface area contributed by atoms with E-state index in [1.54, 1.807) is 0 Å². The standard InChI is InChI=1S/C31H20N2/c1-32-26-13-7-5-11-21(26)23-15-16-28-29(31(23)32)25-18-20(19-9-3-2-4-10-19)17-24-22-12-6-8-14-27(22)33(28)30(24)25/h2-18H,1H3. The lowest BCUT2D eigenvalue weighted by Crippen LogP contribution is -1.88. The highest BCUT2D eigenvalue weighted by Gasteiger charge is 2.22. The van der Waals surface area contributed by atoms with Crippen molar-refractivity contribution in [2.24, 2.45) is 7.05 Å². The predicted molar refractivity (Wildman–Crippen MR) is 141 cm³/mol. The zero-order chi connectivity index (χ0) is 21.7. The second-order valence-corrected chi connectivity index (χ2v) is 9.07. The van der Waals surface area contributed by atoms with Crippen LogP contribution in [0.25, 0.3) is 71.0 Å². The fourth-order valence-electron chi connectivity index (χ4n) is 6.05. The van der Waals surface area contributed by atoms with Gasteiger partial charge in [0.1, 0.15) is 0 Å². The summed E-state index contributed by atoms with van der Waals surface area (Å²) in [5.74, 6) is 0. The number of aromatic nitrogens is 2. The molecule has 0 spiro atoms. The van der Waals surface area contributed by atoms with Gasteiger partial charge in [0.05, 0.1) is 22.1 Å². The highest BCUT2D eigenvalue weighted by Crippen LogP contribution is 2.45. The maximum atomic E-state index is 2.47. The maximum Gasteiger partial charge on any atom is 0.0621 e. The zero-order valence-electron chi connectivity index (χ0n) is 18.2. The number of rotatable bonds is 1. The number of benzene rings is 5. The smallest absolute Gasteiger partial charge is 0.0621 e. The first-order chi connectivity index (χ1) is 16.3. The Balaban J connectivity index is 1.70. The van der Waals surface area contributed by atoms with E-state index in [4.69, 9.17) is 0 Å². The maximum absolute atomic E-state index is 2.47. The van der Waals surface area contributed by atoms with Crippen LogP contribution in [0.3, 0.4) is 0 Å². The number of hydrogen-bond donors (Lipinski definition) is 0. The Labute approximate surface area is 190 Å². The molecule has 3 aromatic heterocycles. The van der Waals surface area contributed by atoms with Gasteiger partial charge in [0.25, 0.3) is 0 Å². The summed E-state index contributed by atoms with van der Waals surface area (Å²) in [4.78, 5) is 0. The molecule has 0 aliphatic rings. The average molecular weight is 421 g/mol. The molecule has 2 heteroatoms. The Morgan fingerprint density at radius 2 is 1.12 bits per heavy atom. The number of para-hydroxylation sites is 2. The van der Waals surface area contributed by atoms with Gasteiger partial charge in [-0.15, -0.1) is 0 Å². The second-order valence-electron chi connectivity index (χ2n) is 9.07. The number of nitrogens with zero attached hydrogens (tertiary/aromatic N) is 2. The number of aryl methyl sites for hydroxylation is 1. The van der Waals surface area contributed by atoms with Gasteiger partial charge in [0.15, 0.2) is 0 Å². The predicted octanol–water partition coefficient (Wildman–Crippen LogP) is 8.15. The molecule has 8 rings (SSSR count). The first-order valence-electron chi connectivity index (χ1n) is 11.4. The van der Waals surface area contributed by atoms with Crippen LogP contribution >= 0.6 is 0 Å². The summed E-state index contributed by atoms with van der Waals surface area (Å²) in [6, 6.07) is 37.7. The molecule has 33 heavy (non-hydrogen) atoms. The lowest BCUT2D eigenvalue weighted by Gasteiger charge is -2.05. The van der Waals surface area contributed by atoms with E-state index in [0.717, 1.165) is 0 Å². The minimum atomic E-state index is 1.25. The highest BCUT2D eigenvalue weighted by atomic mass is 15.0. The number of fused-ring (bicyclic) bond motifs is 10. The fraction of sp³-hybridized carbons (Fsp3) is 0.0323. The third kappa shape index (κ3) is 2.04. The molecule has 0 aliphatic carbocycles. The van der Waals surface area contributed by atoms with Crippen molar-refractivity contribution >= 4 is 59.9 Å². The molecule has 2 nitrogen and oxygen atoms in total. The second kappa shape index (κ2) is 5.93. The van der Waals surface area contributed by atoms with Gasteiger partial charge in [-0.3, -0.25) is 0 Å². The van der Waals surface area contributed by atoms with E-state index in [-0.39, 0.29) is 0 Å². The lowest BCUT2D eigenvalue weighted by atomic mass is 9.98. The molecule has 0 fully saturated rings. The molecule has 0 aliphatic heterocycles. The normalized spacial score (nSPS) is 12.4. The van der Waals surface area contributed by atoms with Gasteiger partial charge in [0, 0.05) is 44.9 Å². The molecule has 0 saturated carbocycles. The van der Waals surface area contributed by atoms with Crippen LogP contribution < -0.4 is 0 Å². The Morgan fingerprint density at radius 1 is 0.455 bits per heavy atom. The van der Waals surface area contributed by atoms with Gasteiger partial charge in [-0.1, -0.05) is 72.8 Å². The quantitative estimate of drug-likeness (QED) is 0.253. The highest BCUT2D eigenvalue weighted by molar-refractivity contribution is 6.31. The molecule has 0 saturated heterocycles. The van der Waals surface area contributed by atoms with E-state index >= 15 is 0 Å². The first kappa shape index (κ1) is 17.3. The van der Waals surface area contributed by atoms with Gasteiger partial charge >= 0.3 is 0 Å². The Kier molecular flexibility index (Phi) is 3.11. The van der Waals surface area contributed by atoms with E-state index in [2.05, 4.69) is 119 Å². The minimum absolute atomic E-state index is 1.25. The molecule has 0 atom stereocenters. The molecule has 3 heterocycles. The SMILES string of the molecule is Cn1c2ccccc2c2ccc3c(c4cc(-c5ccccc5)cc5c6ccccc6n3c54)c21. The van der Waals surface area contributed by atoms with Crippen LogP contribution in [0.4, 0.5) is 0 Å². The summed E-state index contributed by atoms with van der Waals surface area (Å²) in [6.45, 7) is 0. The van der Waals surface area contributed by atoms with Gasteiger partial charge in [-0.25, -0.2) is 0 Å². The van der Waals surface area contributed by atoms with Crippen LogP contribution in [-0.2, 0) is 7.05 Å². The largest absolute Gasteiger partial charge is 0.343 e. The molecular weight excluding hydrogens is 400 g/mol. The summed E-state index contributed by atoms with van der Waals surface area (Å²) < 4.78 is 4.85. The van der Waals surface area contributed by atoms with E-state index in [0.29, 0.717) is 0 Å². The van der Waals surface area contributed by atoms with Crippen molar-refractivity contribution in [1.82, 2.24) is 8.97 Å². The van der Waals surface area contributed by atoms with E-state index in [1.165, 1.54) is 71.0 Å². The molecule has 0 bridgehead atoms. The monoisotopic (exact) mass is 420 g/mol. The van der Waals surface area contributed by atoms with Crippen LogP contribution in [-0.4, -0.2) is 8.97 Å². The van der Waals surface area contributed by atoms with E-state index < -0.39 is 0 Å². The minimum Gasteiger partial charge on any atom is -0.343 e. The van der Waals surface area contributed by atoms with Crippen molar-refractivity contribution in [2.75, 3.05) is 0 Å². The van der Waals surface area contributed by atoms with E-state index in [9.17, 15) is 0 Å². The lowest BCUT2D eigenvalue weighted by molar-refractivity contribution is 1.02. The fourth-order valence-corrected chi connectivity index (χ4v) is 6.05. The van der Waals surface area contributed by atoms with Crippen molar-refractivity contribution in [3.8, 4) is 11.1 Å². The molecule has 8 aromatic rings. The van der Waals surface area contributed by atoms with Crippen molar-refractivity contribution in [2.45, 2.75) is 0 Å². The van der Waals surface area contributed by atoms with Crippen molar-refractivity contribution in [3.63, 3.8) is 0 Å². The molecule has 5 aromatic carbocycles. The molecule has 0 radical (unpaired) electrons. The van der Waals surface area contributed by atoms with Crippen LogP contribution in [0.5, 0.6) is 0 Å². The van der Waals surface area contributed by atoms with Crippen LogP contribution in [0.1, 0.15) is 0 Å². The van der Waals surface area contributed by atoms with Crippen LogP contribution in [0, 0.1) is 0 Å². The van der Waals surface area contributed by atoms with Gasteiger partial charge in [-0.05, 0) is 41.5 Å². The summed E-state index contributed by atoms with van der Waals surface area (Å²) in [7, 11) is 2.20. The Hall–Kier alpha value is -4.30. The molecule has 0 unspecified atom stereocenters. The summed E-state index contributed by atoms with van der Waals surface area (Å²) in [5.41, 5.74) is 8.99.